The summed E-state index contributed by atoms with van der Waals surface area (Å²) in [6.45, 7) is 6.64. The molecule has 1 heterocycles. The molecule has 0 amide bonds. The highest BCUT2D eigenvalue weighted by Crippen LogP contribution is 2.50. The van der Waals surface area contributed by atoms with Crippen LogP contribution in [0.1, 0.15) is 69.7 Å². The van der Waals surface area contributed by atoms with Crippen molar-refractivity contribution < 1.29 is 5.11 Å². The third-order valence-corrected chi connectivity index (χ3v) is 6.26. The Morgan fingerprint density at radius 1 is 0.846 bits per heavy atom. The molecule has 26 heavy (non-hydrogen) atoms. The third kappa shape index (κ3) is 3.58. The number of piperidine rings is 1. The van der Waals surface area contributed by atoms with Crippen molar-refractivity contribution in [2.75, 3.05) is 0 Å². The molecule has 2 heteroatoms. The van der Waals surface area contributed by atoms with Crippen LogP contribution in [0, 0.1) is 11.8 Å². The number of aliphatic hydroxyl groups is 1. The number of nitrogens with one attached hydrogen (secondary N) is 1. The summed E-state index contributed by atoms with van der Waals surface area (Å²) in [6, 6.07) is 21.6. The van der Waals surface area contributed by atoms with Crippen molar-refractivity contribution in [3.63, 3.8) is 0 Å². The van der Waals surface area contributed by atoms with Gasteiger partial charge in [0.25, 0.3) is 0 Å². The number of hydrogen-bond donors (Lipinski definition) is 2. The molecule has 2 aromatic rings. The van der Waals surface area contributed by atoms with Crippen molar-refractivity contribution in [2.45, 2.75) is 64.1 Å². The summed E-state index contributed by atoms with van der Waals surface area (Å²) in [5.74, 6) is 0.395. The molecular weight excluding hydrogens is 318 g/mol. The zero-order valence-corrected chi connectivity index (χ0v) is 16.4. The summed E-state index contributed by atoms with van der Waals surface area (Å²) in [4.78, 5) is 0. The van der Waals surface area contributed by atoms with Crippen molar-refractivity contribution in [1.82, 2.24) is 5.32 Å². The van der Waals surface area contributed by atoms with Gasteiger partial charge in [-0.3, -0.25) is 0 Å². The van der Waals surface area contributed by atoms with Gasteiger partial charge in [-0.25, -0.2) is 0 Å². The molecule has 0 unspecified atom stereocenters. The first-order valence-electron chi connectivity index (χ1n) is 10.2. The largest absolute Gasteiger partial charge is 0.389 e. The molecular formula is C24H33NO. The maximum absolute atomic E-state index is 12.0. The van der Waals surface area contributed by atoms with E-state index in [1.165, 1.54) is 11.1 Å². The molecule has 2 aromatic carbocycles. The summed E-state index contributed by atoms with van der Waals surface area (Å²) in [5, 5.41) is 15.9. The zero-order valence-electron chi connectivity index (χ0n) is 16.4. The molecule has 1 aliphatic rings. The fourth-order valence-electron chi connectivity index (χ4n) is 4.94. The van der Waals surface area contributed by atoms with Crippen LogP contribution in [0.4, 0.5) is 0 Å². The van der Waals surface area contributed by atoms with Gasteiger partial charge in [0.1, 0.15) is 0 Å². The number of benzene rings is 2. The molecule has 2 N–H and O–H groups in total. The summed E-state index contributed by atoms with van der Waals surface area (Å²) >= 11 is 0. The quantitative estimate of drug-likeness (QED) is 0.704. The van der Waals surface area contributed by atoms with Gasteiger partial charge in [-0.15, -0.1) is 0 Å². The SMILES string of the molecule is CCC[C@@H]1[C@H](c2ccccc2)N[C@H](c2ccccc2)[C@@H](C)[C@]1(O)CCC. The highest BCUT2D eigenvalue weighted by atomic mass is 16.3. The fourth-order valence-corrected chi connectivity index (χ4v) is 4.94. The fraction of sp³-hybridized carbons (Fsp3) is 0.500. The lowest BCUT2D eigenvalue weighted by atomic mass is 9.62. The van der Waals surface area contributed by atoms with Crippen LogP contribution in [0.15, 0.2) is 60.7 Å². The van der Waals surface area contributed by atoms with Crippen LogP contribution < -0.4 is 5.32 Å². The van der Waals surface area contributed by atoms with Crippen LogP contribution in [0.3, 0.4) is 0 Å². The number of rotatable bonds is 6. The molecule has 2 nitrogen and oxygen atoms in total. The summed E-state index contributed by atoms with van der Waals surface area (Å²) in [6.07, 6.45) is 3.98. The Morgan fingerprint density at radius 3 is 1.88 bits per heavy atom. The van der Waals surface area contributed by atoms with Crippen LogP contribution in [0.25, 0.3) is 0 Å². The molecule has 140 valence electrons. The first-order chi connectivity index (χ1) is 12.6. The summed E-state index contributed by atoms with van der Waals surface area (Å²) < 4.78 is 0. The molecule has 1 fully saturated rings. The van der Waals surface area contributed by atoms with Gasteiger partial charge in [0.2, 0.25) is 0 Å². The molecule has 0 radical (unpaired) electrons. The Kier molecular flexibility index (Phi) is 6.16. The van der Waals surface area contributed by atoms with Gasteiger partial charge in [-0.1, -0.05) is 94.3 Å². The van der Waals surface area contributed by atoms with Gasteiger partial charge < -0.3 is 10.4 Å². The average molecular weight is 352 g/mol. The van der Waals surface area contributed by atoms with E-state index in [4.69, 9.17) is 0 Å². The predicted octanol–water partition coefficient (Wildman–Crippen LogP) is 5.66. The van der Waals surface area contributed by atoms with Gasteiger partial charge >= 0.3 is 0 Å². The highest BCUT2D eigenvalue weighted by molar-refractivity contribution is 5.28. The summed E-state index contributed by atoms with van der Waals surface area (Å²) in [5.41, 5.74) is 1.90. The molecule has 1 aliphatic heterocycles. The van der Waals surface area contributed by atoms with Crippen molar-refractivity contribution in [1.29, 1.82) is 0 Å². The molecule has 5 atom stereocenters. The van der Waals surface area contributed by atoms with Crippen LogP contribution >= 0.6 is 0 Å². The van der Waals surface area contributed by atoms with E-state index in [9.17, 15) is 5.11 Å². The topological polar surface area (TPSA) is 32.3 Å². The predicted molar refractivity (Wildman–Crippen MR) is 109 cm³/mol. The lowest BCUT2D eigenvalue weighted by Crippen LogP contribution is -2.58. The molecule has 0 aliphatic carbocycles. The minimum absolute atomic E-state index is 0.158. The maximum atomic E-state index is 12.0. The van der Waals surface area contributed by atoms with Crippen molar-refractivity contribution in [2.24, 2.45) is 11.8 Å². The van der Waals surface area contributed by atoms with E-state index in [-0.39, 0.29) is 23.9 Å². The second-order valence-corrected chi connectivity index (χ2v) is 7.87. The Bertz CT molecular complexity index is 671. The smallest absolute Gasteiger partial charge is 0.0737 e. The molecule has 0 bridgehead atoms. The zero-order chi connectivity index (χ0) is 18.6. The molecule has 0 spiro atoms. The van der Waals surface area contributed by atoms with E-state index in [0.29, 0.717) is 0 Å². The van der Waals surface area contributed by atoms with Gasteiger partial charge in [-0.2, -0.15) is 0 Å². The van der Waals surface area contributed by atoms with E-state index in [2.05, 4.69) is 86.8 Å². The Hall–Kier alpha value is -1.64. The second kappa shape index (κ2) is 8.37. The van der Waals surface area contributed by atoms with Crippen LogP contribution in [-0.4, -0.2) is 10.7 Å². The second-order valence-electron chi connectivity index (χ2n) is 7.87. The lowest BCUT2D eigenvalue weighted by molar-refractivity contribution is -0.125. The summed E-state index contributed by atoms with van der Waals surface area (Å²) in [7, 11) is 0. The third-order valence-electron chi connectivity index (χ3n) is 6.26. The minimum Gasteiger partial charge on any atom is -0.389 e. The van der Waals surface area contributed by atoms with Crippen molar-refractivity contribution in [3.8, 4) is 0 Å². The minimum atomic E-state index is -0.656. The van der Waals surface area contributed by atoms with Crippen LogP contribution in [-0.2, 0) is 0 Å². The molecule has 1 saturated heterocycles. The van der Waals surface area contributed by atoms with Crippen molar-refractivity contribution in [3.05, 3.63) is 71.8 Å². The average Bonchev–Trinajstić information content (AvgIpc) is 2.68. The van der Waals surface area contributed by atoms with Gasteiger partial charge in [-0.05, 0) is 24.0 Å². The molecule has 0 aromatic heterocycles. The van der Waals surface area contributed by atoms with Gasteiger partial charge in [0.15, 0.2) is 0 Å². The van der Waals surface area contributed by atoms with Crippen LogP contribution in [0.2, 0.25) is 0 Å². The first kappa shape index (κ1) is 19.1. The van der Waals surface area contributed by atoms with E-state index in [0.717, 1.165) is 25.7 Å². The molecule has 3 rings (SSSR count). The Balaban J connectivity index is 2.06. The van der Waals surface area contributed by atoms with Gasteiger partial charge in [0.05, 0.1) is 5.60 Å². The Labute approximate surface area is 158 Å². The van der Waals surface area contributed by atoms with Gasteiger partial charge in [0, 0.05) is 23.9 Å². The normalized spacial score (nSPS) is 31.7. The molecule has 0 saturated carbocycles. The Morgan fingerprint density at radius 2 is 1.38 bits per heavy atom. The van der Waals surface area contributed by atoms with Crippen molar-refractivity contribution >= 4 is 0 Å². The van der Waals surface area contributed by atoms with E-state index in [1.54, 1.807) is 0 Å². The van der Waals surface area contributed by atoms with Crippen LogP contribution in [0.5, 0.6) is 0 Å². The first-order valence-corrected chi connectivity index (χ1v) is 10.2. The lowest BCUT2D eigenvalue weighted by Gasteiger charge is -2.53. The highest BCUT2D eigenvalue weighted by Gasteiger charge is 2.51. The maximum Gasteiger partial charge on any atom is 0.0737 e. The monoisotopic (exact) mass is 351 g/mol. The number of hydrogen-bond acceptors (Lipinski definition) is 2. The van der Waals surface area contributed by atoms with E-state index < -0.39 is 5.60 Å². The van der Waals surface area contributed by atoms with E-state index in [1.807, 2.05) is 0 Å². The van der Waals surface area contributed by atoms with E-state index >= 15 is 0 Å². The standard InChI is InChI=1S/C24H33NO/c1-4-12-21-23(20-15-10-7-11-16-20)25-22(19-13-8-6-9-14-19)18(3)24(21,26)17-5-2/h6-11,13-16,18,21-23,25-26H,4-5,12,17H2,1-3H3/t18-,21-,22+,23+,24-/m1/s1.